The lowest BCUT2D eigenvalue weighted by Gasteiger charge is -2.33. The highest BCUT2D eigenvalue weighted by Crippen LogP contribution is 2.36. The van der Waals surface area contributed by atoms with Gasteiger partial charge in [-0.2, -0.15) is 4.68 Å². The normalized spacial score (nSPS) is 19.3. The van der Waals surface area contributed by atoms with Crippen LogP contribution in [0.15, 0.2) is 67.5 Å². The summed E-state index contributed by atoms with van der Waals surface area (Å²) in [7, 11) is -3.29. The number of carbonyl (C=O) groups excluding carboxylic acids is 3. The molecule has 0 saturated carbocycles. The Morgan fingerprint density at radius 2 is 1.85 bits per heavy atom. The molecule has 3 heterocycles. The summed E-state index contributed by atoms with van der Waals surface area (Å²) in [6, 6.07) is 10.6. The average Bonchev–Trinajstić information content (AvgIpc) is 3.74. The molecule has 242 valence electrons. The summed E-state index contributed by atoms with van der Waals surface area (Å²) in [5.41, 5.74) is 2.00. The van der Waals surface area contributed by atoms with Gasteiger partial charge in [0.15, 0.2) is 0 Å². The van der Waals surface area contributed by atoms with Crippen molar-refractivity contribution in [2.24, 2.45) is 11.8 Å². The number of nitrogens with zero attached hydrogens (tertiary/aromatic N) is 6. The number of esters is 1. The van der Waals surface area contributed by atoms with Crippen LogP contribution in [-0.2, 0) is 24.3 Å². The summed E-state index contributed by atoms with van der Waals surface area (Å²) in [6.07, 6.45) is 8.84. The monoisotopic (exact) mass is 667 g/mol. The first kappa shape index (κ1) is 33.0. The third kappa shape index (κ3) is 7.87. The number of hydrogen-bond acceptors (Lipinski definition) is 9. The van der Waals surface area contributed by atoms with E-state index < -0.39 is 22.0 Å². The molecule has 46 heavy (non-hydrogen) atoms. The summed E-state index contributed by atoms with van der Waals surface area (Å²) >= 11 is 6.24. The Balaban J connectivity index is 1.34. The largest absolute Gasteiger partial charge is 0.458 e. The third-order valence-electron chi connectivity index (χ3n) is 8.26. The van der Waals surface area contributed by atoms with Gasteiger partial charge in [-0.1, -0.05) is 24.3 Å². The number of halogens is 1. The second-order valence-corrected chi connectivity index (χ2v) is 13.7. The zero-order chi connectivity index (χ0) is 32.8. The number of aromatic nitrogens is 4. The van der Waals surface area contributed by atoms with Crippen molar-refractivity contribution < 1.29 is 27.5 Å². The maximum Gasteiger partial charge on any atom is 0.338 e. The number of tetrazole rings is 1. The smallest absolute Gasteiger partial charge is 0.338 e. The van der Waals surface area contributed by atoms with E-state index in [0.717, 1.165) is 0 Å². The third-order valence-corrected chi connectivity index (χ3v) is 9.80. The summed E-state index contributed by atoms with van der Waals surface area (Å²) in [6.45, 7) is 4.76. The van der Waals surface area contributed by atoms with Crippen LogP contribution in [0.4, 0.5) is 5.69 Å². The van der Waals surface area contributed by atoms with Gasteiger partial charge in [0.25, 0.3) is 0 Å². The Kier molecular flexibility index (Phi) is 10.3. The van der Waals surface area contributed by atoms with Crippen LogP contribution in [0.5, 0.6) is 0 Å². The molecule has 1 N–H and O–H groups in total. The molecule has 15 heteroatoms. The lowest BCUT2D eigenvalue weighted by molar-refractivity contribution is -0.132. The summed E-state index contributed by atoms with van der Waals surface area (Å²) in [4.78, 5) is 41.1. The molecule has 0 spiro atoms. The van der Waals surface area contributed by atoms with Gasteiger partial charge in [0.05, 0.1) is 17.5 Å². The Morgan fingerprint density at radius 3 is 2.50 bits per heavy atom. The molecule has 1 aromatic heterocycles. The zero-order valence-corrected chi connectivity index (χ0v) is 26.7. The molecule has 2 saturated heterocycles. The average molecular weight is 668 g/mol. The van der Waals surface area contributed by atoms with E-state index in [1.165, 1.54) is 33.7 Å². The van der Waals surface area contributed by atoms with Gasteiger partial charge in [0.1, 0.15) is 19.0 Å². The number of sulfonamides is 1. The Hall–Kier alpha value is -4.40. The Bertz CT molecular complexity index is 1720. The number of anilines is 1. The first-order chi connectivity index (χ1) is 22.0. The van der Waals surface area contributed by atoms with E-state index in [-0.39, 0.29) is 30.3 Å². The van der Waals surface area contributed by atoms with E-state index in [2.05, 4.69) is 27.4 Å². The minimum Gasteiger partial charge on any atom is -0.458 e. The highest BCUT2D eigenvalue weighted by molar-refractivity contribution is 7.88. The standard InChI is InChI=1S/C31H34ClN7O6S/c1-3-16-45-31(42)22-4-8-26(9-5-22)34-30(41)28-18-24(21-12-14-37(15-13-21)46(2,43)44)19-38(28)29(40)11-6-23-17-25(32)7-10-27(23)39-20-33-35-36-39/h3-11,17,20-21,24,28H,1,12-16,18-19H2,2H3,(H,34,41)/b11-6+. The summed E-state index contributed by atoms with van der Waals surface area (Å²) in [5, 5.41) is 14.6. The number of benzene rings is 2. The van der Waals surface area contributed by atoms with Gasteiger partial charge in [-0.3, -0.25) is 9.59 Å². The molecule has 0 aliphatic carbocycles. The van der Waals surface area contributed by atoms with Crippen LogP contribution in [0.2, 0.25) is 5.02 Å². The fourth-order valence-electron chi connectivity index (χ4n) is 5.91. The highest BCUT2D eigenvalue weighted by atomic mass is 35.5. The summed E-state index contributed by atoms with van der Waals surface area (Å²) < 4.78 is 32.1. The number of likely N-dealkylation sites (tertiary alicyclic amines) is 1. The number of nitrogens with one attached hydrogen (secondary N) is 1. The number of ether oxygens (including phenoxy) is 1. The van der Waals surface area contributed by atoms with E-state index in [1.807, 2.05) is 0 Å². The predicted molar refractivity (Wildman–Crippen MR) is 171 cm³/mol. The molecule has 2 aromatic carbocycles. The lowest BCUT2D eigenvalue weighted by atomic mass is 9.83. The van der Waals surface area contributed by atoms with Crippen molar-refractivity contribution in [3.63, 3.8) is 0 Å². The Labute approximate surface area is 271 Å². The molecule has 0 bridgehead atoms. The van der Waals surface area contributed by atoms with Crippen LogP contribution < -0.4 is 5.32 Å². The van der Waals surface area contributed by atoms with Crippen LogP contribution in [0.3, 0.4) is 0 Å². The molecule has 2 aliphatic heterocycles. The van der Waals surface area contributed by atoms with E-state index in [9.17, 15) is 22.8 Å². The highest BCUT2D eigenvalue weighted by Gasteiger charge is 2.43. The van der Waals surface area contributed by atoms with Crippen LogP contribution in [-0.4, -0.2) is 94.2 Å². The molecule has 2 unspecified atom stereocenters. The molecule has 2 aliphatic rings. The van der Waals surface area contributed by atoms with E-state index >= 15 is 0 Å². The molecule has 5 rings (SSSR count). The SMILES string of the molecule is C=CCOC(=O)c1ccc(NC(=O)C2CC(C3CCN(S(C)(=O)=O)CC3)CN2C(=O)/C=C/c2cc(Cl)ccc2-n2cnnn2)cc1. The maximum atomic E-state index is 13.7. The molecule has 0 radical (unpaired) electrons. The molecule has 13 nitrogen and oxygen atoms in total. The van der Waals surface area contributed by atoms with Crippen molar-refractivity contribution in [2.45, 2.75) is 25.3 Å². The minimum absolute atomic E-state index is 0.000213. The van der Waals surface area contributed by atoms with E-state index in [0.29, 0.717) is 66.4 Å². The minimum atomic E-state index is -3.29. The fraction of sp³-hybridized carbons (Fsp3) is 0.355. The molecule has 2 fully saturated rings. The van der Waals surface area contributed by atoms with Crippen molar-refractivity contribution in [2.75, 3.05) is 37.8 Å². The number of rotatable bonds is 10. The number of piperidine rings is 1. The van der Waals surface area contributed by atoms with Gasteiger partial charge in [0.2, 0.25) is 21.8 Å². The van der Waals surface area contributed by atoms with Gasteiger partial charge in [-0.15, -0.1) is 5.10 Å². The van der Waals surface area contributed by atoms with Crippen LogP contribution >= 0.6 is 11.6 Å². The fourth-order valence-corrected chi connectivity index (χ4v) is 6.96. The van der Waals surface area contributed by atoms with Crippen LogP contribution in [0, 0.1) is 11.8 Å². The molecular weight excluding hydrogens is 634 g/mol. The van der Waals surface area contributed by atoms with Crippen LogP contribution in [0.25, 0.3) is 11.8 Å². The van der Waals surface area contributed by atoms with Crippen molar-refractivity contribution in [3.05, 3.63) is 83.7 Å². The first-order valence-electron chi connectivity index (χ1n) is 14.7. The molecular formula is C31H34ClN7O6S. The first-order valence-corrected chi connectivity index (χ1v) is 16.9. The van der Waals surface area contributed by atoms with Crippen molar-refractivity contribution in [1.29, 1.82) is 0 Å². The second kappa shape index (κ2) is 14.4. The number of carbonyl (C=O) groups is 3. The van der Waals surface area contributed by atoms with Crippen LogP contribution in [0.1, 0.15) is 35.2 Å². The van der Waals surface area contributed by atoms with Crippen molar-refractivity contribution in [1.82, 2.24) is 29.4 Å². The number of amides is 2. The van der Waals surface area contributed by atoms with Gasteiger partial charge in [-0.25, -0.2) is 17.5 Å². The van der Waals surface area contributed by atoms with E-state index in [1.54, 1.807) is 53.4 Å². The zero-order valence-electron chi connectivity index (χ0n) is 25.2. The topological polar surface area (TPSA) is 157 Å². The van der Waals surface area contributed by atoms with Gasteiger partial charge in [0, 0.05) is 42.0 Å². The van der Waals surface area contributed by atoms with Crippen molar-refractivity contribution >= 4 is 51.2 Å². The molecule has 3 aromatic rings. The maximum absolute atomic E-state index is 13.7. The number of hydrogen-bond donors (Lipinski definition) is 1. The van der Waals surface area contributed by atoms with Gasteiger partial charge >= 0.3 is 5.97 Å². The second-order valence-electron chi connectivity index (χ2n) is 11.2. The van der Waals surface area contributed by atoms with Crippen molar-refractivity contribution in [3.8, 4) is 5.69 Å². The van der Waals surface area contributed by atoms with Gasteiger partial charge in [-0.05, 0) is 90.1 Å². The Morgan fingerprint density at radius 1 is 1.11 bits per heavy atom. The molecule has 2 atom stereocenters. The van der Waals surface area contributed by atoms with E-state index in [4.69, 9.17) is 16.3 Å². The predicted octanol–water partition coefficient (Wildman–Crippen LogP) is 3.20. The van der Waals surface area contributed by atoms with Gasteiger partial charge < -0.3 is 15.0 Å². The lowest BCUT2D eigenvalue weighted by Crippen LogP contribution is -2.42. The quantitative estimate of drug-likeness (QED) is 0.195. The molecule has 2 amide bonds. The summed E-state index contributed by atoms with van der Waals surface area (Å²) in [5.74, 6) is -1.09.